The molecule has 1 unspecified atom stereocenters. The van der Waals surface area contributed by atoms with Gasteiger partial charge in [-0.05, 0) is 24.0 Å². The fourth-order valence-electron chi connectivity index (χ4n) is 4.16. The van der Waals surface area contributed by atoms with Crippen LogP contribution < -0.4 is 11.1 Å². The highest BCUT2D eigenvalue weighted by atomic mass is 16.4. The van der Waals surface area contributed by atoms with E-state index in [0.717, 1.165) is 5.69 Å². The van der Waals surface area contributed by atoms with Crippen molar-refractivity contribution in [2.24, 2.45) is 17.1 Å². The van der Waals surface area contributed by atoms with Gasteiger partial charge in [-0.2, -0.15) is 10.4 Å². The third-order valence-electron chi connectivity index (χ3n) is 5.41. The van der Waals surface area contributed by atoms with Crippen LogP contribution in [-0.2, 0) is 0 Å². The predicted octanol–water partition coefficient (Wildman–Crippen LogP) is 3.20. The molecule has 0 radical (unpaired) electrons. The number of nitrogens with two attached hydrogens (primary N) is 1. The van der Waals surface area contributed by atoms with Crippen LogP contribution in [0.15, 0.2) is 36.5 Å². The molecule has 158 valence electrons. The highest BCUT2D eigenvalue weighted by Crippen LogP contribution is 2.41. The Bertz CT molecular complexity index is 973. The summed E-state index contributed by atoms with van der Waals surface area (Å²) in [5.41, 5.74) is 6.05. The summed E-state index contributed by atoms with van der Waals surface area (Å²) in [6.45, 7) is 6.02. The van der Waals surface area contributed by atoms with Gasteiger partial charge >= 0.3 is 6.09 Å². The van der Waals surface area contributed by atoms with Crippen molar-refractivity contribution in [3.05, 3.63) is 42.1 Å². The molecule has 3 atom stereocenters. The number of nitrogens with one attached hydrogen (secondary N) is 1. The van der Waals surface area contributed by atoms with Crippen molar-refractivity contribution in [3.8, 4) is 6.07 Å². The molecule has 0 spiro atoms. The quantitative estimate of drug-likeness (QED) is 0.708. The zero-order valence-electron chi connectivity index (χ0n) is 17.2. The van der Waals surface area contributed by atoms with Crippen molar-refractivity contribution in [1.29, 1.82) is 5.26 Å². The fourth-order valence-corrected chi connectivity index (χ4v) is 4.16. The van der Waals surface area contributed by atoms with Crippen LogP contribution in [0.4, 0.5) is 16.3 Å². The summed E-state index contributed by atoms with van der Waals surface area (Å²) in [4.78, 5) is 25.1. The van der Waals surface area contributed by atoms with Gasteiger partial charge in [0.2, 0.25) is 0 Å². The van der Waals surface area contributed by atoms with Crippen LogP contribution in [0.5, 0.6) is 0 Å². The molecule has 0 saturated carbocycles. The van der Waals surface area contributed by atoms with Gasteiger partial charge < -0.3 is 21.1 Å². The van der Waals surface area contributed by atoms with Gasteiger partial charge in [-0.15, -0.1) is 0 Å². The summed E-state index contributed by atoms with van der Waals surface area (Å²) < 4.78 is 1.58. The lowest BCUT2D eigenvalue weighted by Crippen LogP contribution is -2.56. The number of carboxylic acid groups (broad SMARTS) is 1. The molecular formula is C21H26N6O3. The van der Waals surface area contributed by atoms with Gasteiger partial charge in [0.1, 0.15) is 5.56 Å². The molecule has 2 heterocycles. The maximum atomic E-state index is 12.0. The number of para-hydroxylation sites is 1. The number of nitriles is 1. The maximum Gasteiger partial charge on any atom is 0.407 e. The number of rotatable bonds is 4. The molecule has 9 nitrogen and oxygen atoms in total. The summed E-state index contributed by atoms with van der Waals surface area (Å²) in [5, 5.41) is 27.2. The first-order valence-electron chi connectivity index (χ1n) is 9.73. The summed E-state index contributed by atoms with van der Waals surface area (Å²) >= 11 is 0. The highest BCUT2D eigenvalue weighted by molar-refractivity contribution is 5.98. The number of hydrogen-bond acceptors (Lipinski definition) is 5. The summed E-state index contributed by atoms with van der Waals surface area (Å²) in [6.07, 6.45) is 0.902. The van der Waals surface area contributed by atoms with Crippen molar-refractivity contribution in [1.82, 2.24) is 14.7 Å². The third-order valence-corrected chi connectivity index (χ3v) is 5.41. The SMILES string of the molecule is CC(C)(C)C1[C@H](C#N)[C@@H](n2cc(C(N)=O)c(Nc3ccccc3)n2)CCN1C(=O)O. The van der Waals surface area contributed by atoms with Gasteiger partial charge in [-0.3, -0.25) is 9.48 Å². The van der Waals surface area contributed by atoms with E-state index in [2.05, 4.69) is 16.5 Å². The summed E-state index contributed by atoms with van der Waals surface area (Å²) in [6, 6.07) is 10.6. The number of aromatic nitrogens is 2. The first kappa shape index (κ1) is 21.2. The number of primary amides is 1. The van der Waals surface area contributed by atoms with Crippen LogP contribution in [-0.4, -0.2) is 44.4 Å². The van der Waals surface area contributed by atoms with Crippen molar-refractivity contribution in [2.75, 3.05) is 11.9 Å². The number of carbonyl (C=O) groups excluding carboxylic acids is 1. The zero-order valence-corrected chi connectivity index (χ0v) is 17.2. The molecule has 2 aromatic rings. The van der Waals surface area contributed by atoms with Crippen LogP contribution in [0.25, 0.3) is 0 Å². The third kappa shape index (κ3) is 4.08. The fraction of sp³-hybridized carbons (Fsp3) is 0.429. The maximum absolute atomic E-state index is 12.0. The number of hydrogen-bond donors (Lipinski definition) is 3. The second-order valence-corrected chi connectivity index (χ2v) is 8.52. The lowest BCUT2D eigenvalue weighted by molar-refractivity contribution is 0.0153. The number of amides is 2. The topological polar surface area (TPSA) is 137 Å². The number of likely N-dealkylation sites (tertiary alicyclic amines) is 1. The Labute approximate surface area is 175 Å². The molecule has 2 amide bonds. The Kier molecular flexibility index (Phi) is 5.69. The minimum Gasteiger partial charge on any atom is -0.465 e. The van der Waals surface area contributed by atoms with Crippen molar-refractivity contribution < 1.29 is 14.7 Å². The van der Waals surface area contributed by atoms with E-state index in [1.807, 2.05) is 51.1 Å². The van der Waals surface area contributed by atoms with Gasteiger partial charge in [0.05, 0.1) is 24.1 Å². The molecule has 30 heavy (non-hydrogen) atoms. The molecule has 0 bridgehead atoms. The number of benzene rings is 1. The van der Waals surface area contributed by atoms with E-state index in [4.69, 9.17) is 5.73 Å². The van der Waals surface area contributed by atoms with Gasteiger partial charge in [-0.1, -0.05) is 39.0 Å². The molecule has 1 saturated heterocycles. The van der Waals surface area contributed by atoms with E-state index in [0.29, 0.717) is 12.2 Å². The molecule has 3 rings (SSSR count). The van der Waals surface area contributed by atoms with Crippen molar-refractivity contribution in [2.45, 2.75) is 39.3 Å². The average Bonchev–Trinajstić information content (AvgIpc) is 3.10. The molecular weight excluding hydrogens is 384 g/mol. The van der Waals surface area contributed by atoms with E-state index in [9.17, 15) is 20.0 Å². The van der Waals surface area contributed by atoms with E-state index in [1.54, 1.807) is 10.9 Å². The van der Waals surface area contributed by atoms with E-state index >= 15 is 0 Å². The summed E-state index contributed by atoms with van der Waals surface area (Å²) in [5.74, 6) is -0.970. The minimum atomic E-state index is -1.04. The zero-order chi connectivity index (χ0) is 22.1. The molecule has 0 aliphatic carbocycles. The Balaban J connectivity index is 2.00. The molecule has 1 aromatic heterocycles. The standard InChI is InChI=1S/C21H26N6O3/c1-21(2,3)17-14(11-22)16(9-10-26(17)20(29)30)27-12-15(18(23)28)19(25-27)24-13-7-5-4-6-8-13/h4-8,12,14,16-17H,9-10H2,1-3H3,(H2,23,28)(H,24,25)(H,29,30)/t14-,16+,17?/m1/s1. The summed E-state index contributed by atoms with van der Waals surface area (Å²) in [7, 11) is 0. The van der Waals surface area contributed by atoms with Crippen LogP contribution in [0, 0.1) is 22.7 Å². The van der Waals surface area contributed by atoms with Crippen LogP contribution in [0.2, 0.25) is 0 Å². The molecule has 1 aliphatic heterocycles. The Morgan fingerprint density at radius 2 is 1.97 bits per heavy atom. The molecule has 1 aliphatic rings. The Morgan fingerprint density at radius 1 is 1.30 bits per heavy atom. The van der Waals surface area contributed by atoms with Crippen molar-refractivity contribution in [3.63, 3.8) is 0 Å². The average molecular weight is 410 g/mol. The Hall–Kier alpha value is -3.54. The number of piperidine rings is 1. The van der Waals surface area contributed by atoms with Crippen LogP contribution in [0.1, 0.15) is 43.6 Å². The molecule has 9 heteroatoms. The number of nitrogens with zero attached hydrogens (tertiary/aromatic N) is 4. The monoisotopic (exact) mass is 410 g/mol. The largest absolute Gasteiger partial charge is 0.465 e. The molecule has 1 fully saturated rings. The Morgan fingerprint density at radius 3 is 2.50 bits per heavy atom. The number of carbonyl (C=O) groups is 2. The second-order valence-electron chi connectivity index (χ2n) is 8.52. The van der Waals surface area contributed by atoms with E-state index in [1.165, 1.54) is 4.90 Å². The lowest BCUT2D eigenvalue weighted by Gasteiger charge is -2.47. The second kappa shape index (κ2) is 8.06. The smallest absolute Gasteiger partial charge is 0.407 e. The van der Waals surface area contributed by atoms with Gasteiger partial charge in [0.15, 0.2) is 5.82 Å². The predicted molar refractivity (Wildman–Crippen MR) is 111 cm³/mol. The van der Waals surface area contributed by atoms with Crippen LogP contribution >= 0.6 is 0 Å². The highest BCUT2D eigenvalue weighted by Gasteiger charge is 2.47. The van der Waals surface area contributed by atoms with Gasteiger partial charge in [0.25, 0.3) is 5.91 Å². The minimum absolute atomic E-state index is 0.212. The van der Waals surface area contributed by atoms with Crippen LogP contribution in [0.3, 0.4) is 0 Å². The number of anilines is 2. The van der Waals surface area contributed by atoms with Gasteiger partial charge in [0, 0.05) is 18.4 Å². The van der Waals surface area contributed by atoms with E-state index < -0.39 is 29.4 Å². The van der Waals surface area contributed by atoms with E-state index in [-0.39, 0.29) is 18.2 Å². The van der Waals surface area contributed by atoms with Gasteiger partial charge in [-0.25, -0.2) is 4.79 Å². The molecule has 4 N–H and O–H groups in total. The van der Waals surface area contributed by atoms with Crippen molar-refractivity contribution >= 4 is 23.5 Å². The first-order valence-corrected chi connectivity index (χ1v) is 9.73. The normalized spacial score (nSPS) is 21.7. The first-order chi connectivity index (χ1) is 14.1. The lowest BCUT2D eigenvalue weighted by atomic mass is 9.72. The molecule has 1 aromatic carbocycles.